The molecule has 20 heavy (non-hydrogen) atoms. The van der Waals surface area contributed by atoms with Gasteiger partial charge in [-0.25, -0.2) is 4.39 Å². The second-order valence-corrected chi connectivity index (χ2v) is 5.31. The topological polar surface area (TPSA) is 27.6 Å². The van der Waals surface area contributed by atoms with Crippen molar-refractivity contribution in [2.45, 2.75) is 0 Å². The largest absolute Gasteiger partial charge is 0.377 e. The normalized spacial score (nSPS) is 10.8. The maximum Gasteiger partial charge on any atom is 0.126 e. The Morgan fingerprint density at radius 1 is 1.20 bits per heavy atom. The molecule has 0 saturated carbocycles. The SMILES string of the molecule is CN(C)c1cc(F)cc(Br)c1C=NNc1ccccc1. The number of nitrogens with zero attached hydrogens (tertiary/aromatic N) is 2. The van der Waals surface area contributed by atoms with Gasteiger partial charge >= 0.3 is 0 Å². The zero-order chi connectivity index (χ0) is 14.5. The standard InChI is InChI=1S/C15H15BrFN3/c1-20(2)15-9-11(17)8-14(16)13(15)10-18-19-12-6-4-3-5-7-12/h3-10,19H,1-2H3. The molecule has 104 valence electrons. The van der Waals surface area contributed by atoms with E-state index in [9.17, 15) is 4.39 Å². The summed E-state index contributed by atoms with van der Waals surface area (Å²) in [6, 6.07) is 12.5. The van der Waals surface area contributed by atoms with E-state index >= 15 is 0 Å². The van der Waals surface area contributed by atoms with Crippen LogP contribution in [0.15, 0.2) is 52.0 Å². The first-order valence-electron chi connectivity index (χ1n) is 6.08. The molecule has 0 amide bonds. The van der Waals surface area contributed by atoms with E-state index in [0.717, 1.165) is 16.9 Å². The average molecular weight is 336 g/mol. The Labute approximate surface area is 126 Å². The fraction of sp³-hybridized carbons (Fsp3) is 0.133. The maximum atomic E-state index is 13.4. The molecule has 2 rings (SSSR count). The van der Waals surface area contributed by atoms with Crippen molar-refractivity contribution in [1.29, 1.82) is 0 Å². The molecule has 5 heteroatoms. The highest BCUT2D eigenvalue weighted by Gasteiger charge is 2.09. The quantitative estimate of drug-likeness (QED) is 0.672. The molecule has 2 aromatic carbocycles. The average Bonchev–Trinajstić information content (AvgIpc) is 2.41. The molecule has 0 bridgehead atoms. The smallest absolute Gasteiger partial charge is 0.126 e. The van der Waals surface area contributed by atoms with Crippen molar-refractivity contribution < 1.29 is 4.39 Å². The lowest BCUT2D eigenvalue weighted by atomic mass is 10.2. The summed E-state index contributed by atoms with van der Waals surface area (Å²) in [4.78, 5) is 1.84. The number of rotatable bonds is 4. The number of anilines is 2. The van der Waals surface area contributed by atoms with E-state index in [0.29, 0.717) is 4.47 Å². The van der Waals surface area contributed by atoms with Crippen LogP contribution in [0.5, 0.6) is 0 Å². The molecule has 0 unspecified atom stereocenters. The number of benzene rings is 2. The molecule has 0 aromatic heterocycles. The molecule has 0 aliphatic heterocycles. The predicted molar refractivity (Wildman–Crippen MR) is 86.1 cm³/mol. The van der Waals surface area contributed by atoms with Crippen molar-refractivity contribution in [3.05, 3.63) is 58.3 Å². The van der Waals surface area contributed by atoms with Crippen LogP contribution in [0.3, 0.4) is 0 Å². The minimum atomic E-state index is -0.284. The number of halogens is 2. The van der Waals surface area contributed by atoms with E-state index in [1.807, 2.05) is 49.3 Å². The number of hydrogen-bond donors (Lipinski definition) is 1. The molecule has 0 spiro atoms. The van der Waals surface area contributed by atoms with Gasteiger partial charge in [0.1, 0.15) is 5.82 Å². The van der Waals surface area contributed by atoms with Crippen LogP contribution in [0.4, 0.5) is 15.8 Å². The van der Waals surface area contributed by atoms with Gasteiger partial charge in [0.05, 0.1) is 11.9 Å². The number of nitrogens with one attached hydrogen (secondary N) is 1. The minimum absolute atomic E-state index is 0.284. The van der Waals surface area contributed by atoms with Crippen molar-refractivity contribution in [2.24, 2.45) is 5.10 Å². The Kier molecular flexibility index (Phi) is 4.74. The van der Waals surface area contributed by atoms with Gasteiger partial charge in [0.2, 0.25) is 0 Å². The molecule has 0 heterocycles. The van der Waals surface area contributed by atoms with Gasteiger partial charge in [-0.05, 0) is 40.2 Å². The van der Waals surface area contributed by atoms with E-state index in [4.69, 9.17) is 0 Å². The third-order valence-corrected chi connectivity index (χ3v) is 3.37. The van der Waals surface area contributed by atoms with Gasteiger partial charge in [-0.2, -0.15) is 5.10 Å². The maximum absolute atomic E-state index is 13.4. The van der Waals surface area contributed by atoms with Gasteiger partial charge in [-0.1, -0.05) is 18.2 Å². The summed E-state index contributed by atoms with van der Waals surface area (Å²) in [5.41, 5.74) is 5.41. The van der Waals surface area contributed by atoms with E-state index in [2.05, 4.69) is 26.5 Å². The molecule has 0 radical (unpaired) electrons. The monoisotopic (exact) mass is 335 g/mol. The zero-order valence-electron chi connectivity index (χ0n) is 11.3. The van der Waals surface area contributed by atoms with Crippen molar-refractivity contribution >= 4 is 33.5 Å². The molecule has 0 atom stereocenters. The summed E-state index contributed by atoms with van der Waals surface area (Å²) in [6.45, 7) is 0. The van der Waals surface area contributed by atoms with Crippen LogP contribution in [-0.4, -0.2) is 20.3 Å². The van der Waals surface area contributed by atoms with Crippen molar-refractivity contribution in [3.8, 4) is 0 Å². The first kappa shape index (κ1) is 14.5. The third-order valence-electron chi connectivity index (χ3n) is 2.72. The number of hydrazone groups is 1. The summed E-state index contributed by atoms with van der Waals surface area (Å²) >= 11 is 3.37. The minimum Gasteiger partial charge on any atom is -0.377 e. The van der Waals surface area contributed by atoms with Crippen LogP contribution in [0.25, 0.3) is 0 Å². The molecule has 0 saturated heterocycles. The van der Waals surface area contributed by atoms with Crippen LogP contribution in [-0.2, 0) is 0 Å². The number of para-hydroxylation sites is 1. The van der Waals surface area contributed by atoms with Gasteiger partial charge in [-0.15, -0.1) is 0 Å². The van der Waals surface area contributed by atoms with Crippen molar-refractivity contribution in [1.82, 2.24) is 0 Å². The van der Waals surface area contributed by atoms with Crippen molar-refractivity contribution in [3.63, 3.8) is 0 Å². The third kappa shape index (κ3) is 3.57. The predicted octanol–water partition coefficient (Wildman–Crippen LogP) is 4.10. The van der Waals surface area contributed by atoms with E-state index in [1.54, 1.807) is 6.21 Å². The molecule has 2 aromatic rings. The first-order chi connectivity index (χ1) is 9.58. The molecule has 1 N–H and O–H groups in total. The molecule has 3 nitrogen and oxygen atoms in total. The molecular weight excluding hydrogens is 321 g/mol. The van der Waals surface area contributed by atoms with Crippen molar-refractivity contribution in [2.75, 3.05) is 24.4 Å². The second-order valence-electron chi connectivity index (χ2n) is 4.45. The molecule has 0 fully saturated rings. The molecule has 0 aliphatic carbocycles. The van der Waals surface area contributed by atoms with Crippen LogP contribution >= 0.6 is 15.9 Å². The lowest BCUT2D eigenvalue weighted by Crippen LogP contribution is -2.12. The van der Waals surface area contributed by atoms with Gasteiger partial charge in [-0.3, -0.25) is 5.43 Å². The highest BCUT2D eigenvalue weighted by molar-refractivity contribution is 9.10. The van der Waals surface area contributed by atoms with Crippen LogP contribution in [0, 0.1) is 5.82 Å². The lowest BCUT2D eigenvalue weighted by Gasteiger charge is -2.16. The summed E-state index contributed by atoms with van der Waals surface area (Å²) in [5, 5.41) is 4.19. The van der Waals surface area contributed by atoms with Gasteiger partial charge in [0.15, 0.2) is 0 Å². The fourth-order valence-electron chi connectivity index (χ4n) is 1.75. The van der Waals surface area contributed by atoms with Crippen LogP contribution in [0.1, 0.15) is 5.56 Å². The van der Waals surface area contributed by atoms with E-state index in [-0.39, 0.29) is 5.82 Å². The number of hydrogen-bond acceptors (Lipinski definition) is 3. The van der Waals surface area contributed by atoms with Gasteiger partial charge < -0.3 is 4.90 Å². The van der Waals surface area contributed by atoms with E-state index < -0.39 is 0 Å². The Hall–Kier alpha value is -1.88. The summed E-state index contributed by atoms with van der Waals surface area (Å²) in [5.74, 6) is -0.284. The Bertz CT molecular complexity index is 612. The Morgan fingerprint density at radius 2 is 1.90 bits per heavy atom. The highest BCUT2D eigenvalue weighted by atomic mass is 79.9. The zero-order valence-corrected chi connectivity index (χ0v) is 12.9. The molecular formula is C15H15BrFN3. The summed E-state index contributed by atoms with van der Waals surface area (Å²) in [6.07, 6.45) is 1.67. The lowest BCUT2D eigenvalue weighted by molar-refractivity contribution is 0.626. The van der Waals surface area contributed by atoms with Crippen LogP contribution in [0.2, 0.25) is 0 Å². The second kappa shape index (κ2) is 6.52. The highest BCUT2D eigenvalue weighted by Crippen LogP contribution is 2.27. The van der Waals surface area contributed by atoms with E-state index in [1.165, 1.54) is 12.1 Å². The summed E-state index contributed by atoms with van der Waals surface area (Å²) in [7, 11) is 3.73. The van der Waals surface area contributed by atoms with Gasteiger partial charge in [0.25, 0.3) is 0 Å². The Morgan fingerprint density at radius 3 is 2.55 bits per heavy atom. The van der Waals surface area contributed by atoms with Crippen LogP contribution < -0.4 is 10.3 Å². The fourth-order valence-corrected chi connectivity index (χ4v) is 2.28. The summed E-state index contributed by atoms with van der Waals surface area (Å²) < 4.78 is 14.1. The molecule has 0 aliphatic rings. The Balaban J connectivity index is 2.24. The first-order valence-corrected chi connectivity index (χ1v) is 6.87. The van der Waals surface area contributed by atoms with Gasteiger partial charge in [0, 0.05) is 29.8 Å².